The molecule has 0 bridgehead atoms. The maximum absolute atomic E-state index is 13.5. The lowest BCUT2D eigenvalue weighted by molar-refractivity contribution is 0.884. The third-order valence-corrected chi connectivity index (χ3v) is 5.93. The highest BCUT2D eigenvalue weighted by Crippen LogP contribution is 2.25. The molecule has 3 aromatic carbocycles. The molecule has 36 heavy (non-hydrogen) atoms. The Hall–Kier alpha value is -5.10. The van der Waals surface area contributed by atoms with Gasteiger partial charge in [-0.3, -0.25) is 14.3 Å². The molecule has 0 aliphatic rings. The molecule has 172 valence electrons. The molecule has 0 spiro atoms. The Morgan fingerprint density at radius 3 is 2.19 bits per heavy atom. The van der Waals surface area contributed by atoms with Crippen LogP contribution in [-0.2, 0) is 0 Å². The standard InChI is InChI=1S/C30H21N5O/c36-30-26-15-7-8-16-27(26)32-28(35(30)25-13-5-2-6-14-25)18-17-23-21-34(24-11-3-1-4-12-24)33-29(23)22-10-9-19-31-20-22/h1-21H/b18-17+. The molecular weight excluding hydrogens is 446 g/mol. The highest BCUT2D eigenvalue weighted by atomic mass is 16.1. The number of nitrogens with zero attached hydrogens (tertiary/aromatic N) is 5. The Balaban J connectivity index is 1.53. The van der Waals surface area contributed by atoms with E-state index in [1.807, 2.05) is 120 Å². The Morgan fingerprint density at radius 1 is 0.722 bits per heavy atom. The monoisotopic (exact) mass is 467 g/mol. The summed E-state index contributed by atoms with van der Waals surface area (Å²) in [6, 6.07) is 30.8. The second-order valence-electron chi connectivity index (χ2n) is 8.25. The van der Waals surface area contributed by atoms with Crippen LogP contribution in [0.1, 0.15) is 11.4 Å². The van der Waals surface area contributed by atoms with Crippen molar-refractivity contribution in [2.24, 2.45) is 0 Å². The molecule has 3 heterocycles. The smallest absolute Gasteiger partial charge is 0.266 e. The molecule has 0 saturated carbocycles. The molecule has 6 heteroatoms. The first-order valence-corrected chi connectivity index (χ1v) is 11.6. The fourth-order valence-corrected chi connectivity index (χ4v) is 4.20. The number of benzene rings is 3. The average molecular weight is 468 g/mol. The second-order valence-corrected chi connectivity index (χ2v) is 8.25. The molecule has 6 nitrogen and oxygen atoms in total. The van der Waals surface area contributed by atoms with Crippen LogP contribution >= 0.6 is 0 Å². The van der Waals surface area contributed by atoms with Gasteiger partial charge in [-0.15, -0.1) is 0 Å². The van der Waals surface area contributed by atoms with E-state index in [1.54, 1.807) is 17.0 Å². The van der Waals surface area contributed by atoms with Crippen molar-refractivity contribution in [1.29, 1.82) is 0 Å². The zero-order valence-corrected chi connectivity index (χ0v) is 19.3. The zero-order chi connectivity index (χ0) is 24.3. The van der Waals surface area contributed by atoms with Gasteiger partial charge in [-0.05, 0) is 60.7 Å². The summed E-state index contributed by atoms with van der Waals surface area (Å²) in [5.41, 5.74) is 4.83. The van der Waals surface area contributed by atoms with Gasteiger partial charge >= 0.3 is 0 Å². The minimum atomic E-state index is -0.112. The molecule has 0 radical (unpaired) electrons. The molecule has 0 fully saturated rings. The Bertz CT molecular complexity index is 1740. The second kappa shape index (κ2) is 9.27. The molecule has 0 aliphatic carbocycles. The quantitative estimate of drug-likeness (QED) is 0.321. The van der Waals surface area contributed by atoms with Gasteiger partial charge in [0.05, 0.1) is 22.3 Å². The number of aromatic nitrogens is 5. The molecule has 0 atom stereocenters. The third kappa shape index (κ3) is 4.01. The Morgan fingerprint density at radius 2 is 1.44 bits per heavy atom. The van der Waals surface area contributed by atoms with Crippen molar-refractivity contribution in [2.75, 3.05) is 0 Å². The van der Waals surface area contributed by atoms with Crippen LogP contribution in [-0.4, -0.2) is 24.3 Å². The van der Waals surface area contributed by atoms with Crippen LogP contribution in [0, 0.1) is 0 Å². The predicted octanol–water partition coefficient (Wildman–Crippen LogP) is 5.80. The van der Waals surface area contributed by atoms with Gasteiger partial charge in [-0.25, -0.2) is 9.67 Å². The number of pyridine rings is 1. The van der Waals surface area contributed by atoms with Crippen LogP contribution in [0.15, 0.2) is 120 Å². The van der Waals surface area contributed by atoms with Crippen molar-refractivity contribution in [3.63, 3.8) is 0 Å². The molecule has 3 aromatic heterocycles. The van der Waals surface area contributed by atoms with Crippen molar-refractivity contribution in [3.05, 3.63) is 137 Å². The van der Waals surface area contributed by atoms with Crippen molar-refractivity contribution < 1.29 is 0 Å². The summed E-state index contributed by atoms with van der Waals surface area (Å²) in [6.45, 7) is 0. The summed E-state index contributed by atoms with van der Waals surface area (Å²) >= 11 is 0. The van der Waals surface area contributed by atoms with E-state index in [1.165, 1.54) is 0 Å². The van der Waals surface area contributed by atoms with Gasteiger partial charge in [0, 0.05) is 29.7 Å². The number of hydrogen-bond donors (Lipinski definition) is 0. The maximum Gasteiger partial charge on any atom is 0.266 e. The summed E-state index contributed by atoms with van der Waals surface area (Å²) in [5, 5.41) is 5.42. The highest BCUT2D eigenvalue weighted by molar-refractivity contribution is 5.82. The third-order valence-electron chi connectivity index (χ3n) is 5.93. The minimum absolute atomic E-state index is 0.112. The van der Waals surface area contributed by atoms with Gasteiger partial charge in [0.2, 0.25) is 0 Å². The van der Waals surface area contributed by atoms with E-state index in [-0.39, 0.29) is 5.56 Å². The number of hydrogen-bond acceptors (Lipinski definition) is 4. The summed E-state index contributed by atoms with van der Waals surface area (Å²) in [4.78, 5) is 22.6. The van der Waals surface area contributed by atoms with Crippen LogP contribution in [0.5, 0.6) is 0 Å². The van der Waals surface area contributed by atoms with Crippen LogP contribution in [0.25, 0.3) is 45.7 Å². The van der Waals surface area contributed by atoms with Crippen LogP contribution in [0.3, 0.4) is 0 Å². The first kappa shape index (κ1) is 21.4. The van der Waals surface area contributed by atoms with E-state index in [0.29, 0.717) is 16.7 Å². The molecule has 0 unspecified atom stereocenters. The van der Waals surface area contributed by atoms with E-state index in [2.05, 4.69) is 4.98 Å². The van der Waals surface area contributed by atoms with Crippen LogP contribution in [0.2, 0.25) is 0 Å². The van der Waals surface area contributed by atoms with Gasteiger partial charge in [-0.1, -0.05) is 48.5 Å². The lowest BCUT2D eigenvalue weighted by Crippen LogP contribution is -2.22. The summed E-state index contributed by atoms with van der Waals surface area (Å²) in [7, 11) is 0. The SMILES string of the molecule is O=c1c2ccccc2nc(/C=C/c2cn(-c3ccccc3)nc2-c2cccnc2)n1-c1ccccc1. The molecule has 6 rings (SSSR count). The first-order chi connectivity index (χ1) is 17.8. The topological polar surface area (TPSA) is 65.6 Å². The maximum atomic E-state index is 13.5. The Kier molecular flexibility index (Phi) is 5.52. The lowest BCUT2D eigenvalue weighted by atomic mass is 10.1. The summed E-state index contributed by atoms with van der Waals surface area (Å²) < 4.78 is 3.49. The number of rotatable bonds is 5. The predicted molar refractivity (Wildman–Crippen MR) is 143 cm³/mol. The molecule has 0 saturated heterocycles. The van der Waals surface area contributed by atoms with E-state index in [0.717, 1.165) is 28.2 Å². The Labute approximate surface area is 207 Å². The molecule has 0 amide bonds. The number of para-hydroxylation sites is 3. The summed E-state index contributed by atoms with van der Waals surface area (Å²) in [5.74, 6) is 0.537. The van der Waals surface area contributed by atoms with Crippen LogP contribution < -0.4 is 5.56 Å². The van der Waals surface area contributed by atoms with Crippen molar-refractivity contribution in [1.82, 2.24) is 24.3 Å². The fraction of sp³-hybridized carbons (Fsp3) is 0. The number of fused-ring (bicyclic) bond motifs is 1. The zero-order valence-electron chi connectivity index (χ0n) is 19.3. The van der Waals surface area contributed by atoms with Gasteiger partial charge in [0.25, 0.3) is 5.56 Å². The fourth-order valence-electron chi connectivity index (χ4n) is 4.20. The summed E-state index contributed by atoms with van der Waals surface area (Å²) in [6.07, 6.45) is 9.33. The van der Waals surface area contributed by atoms with E-state index in [4.69, 9.17) is 10.1 Å². The van der Waals surface area contributed by atoms with E-state index < -0.39 is 0 Å². The molecule has 0 N–H and O–H groups in total. The van der Waals surface area contributed by atoms with E-state index in [9.17, 15) is 4.79 Å². The normalized spacial score (nSPS) is 11.3. The molecule has 6 aromatic rings. The van der Waals surface area contributed by atoms with Gasteiger partial charge < -0.3 is 0 Å². The minimum Gasteiger partial charge on any atom is -0.268 e. The lowest BCUT2D eigenvalue weighted by Gasteiger charge is -2.11. The van der Waals surface area contributed by atoms with Crippen molar-refractivity contribution >= 4 is 23.1 Å². The largest absolute Gasteiger partial charge is 0.268 e. The van der Waals surface area contributed by atoms with E-state index >= 15 is 0 Å². The molecular formula is C30H21N5O. The highest BCUT2D eigenvalue weighted by Gasteiger charge is 2.13. The van der Waals surface area contributed by atoms with Crippen molar-refractivity contribution in [3.8, 4) is 22.6 Å². The van der Waals surface area contributed by atoms with Gasteiger partial charge in [0.15, 0.2) is 0 Å². The van der Waals surface area contributed by atoms with Crippen molar-refractivity contribution in [2.45, 2.75) is 0 Å². The molecule has 0 aliphatic heterocycles. The average Bonchev–Trinajstić information content (AvgIpc) is 3.38. The van der Waals surface area contributed by atoms with Gasteiger partial charge in [-0.2, -0.15) is 5.10 Å². The van der Waals surface area contributed by atoms with Crippen LogP contribution in [0.4, 0.5) is 0 Å². The first-order valence-electron chi connectivity index (χ1n) is 11.6. The van der Waals surface area contributed by atoms with Gasteiger partial charge in [0.1, 0.15) is 11.5 Å².